The Morgan fingerprint density at radius 1 is 0.575 bits per heavy atom. The molecule has 0 aromatic heterocycles. The summed E-state index contributed by atoms with van der Waals surface area (Å²) in [6.45, 7) is 2.18. The molecule has 1 spiro atoms. The third kappa shape index (κ3) is 4.02. The van der Waals surface area contributed by atoms with Crippen LogP contribution in [0.4, 0.5) is 11.4 Å². The molecule has 1 atom stereocenters. The van der Waals surface area contributed by atoms with Crippen molar-refractivity contribution in [3.63, 3.8) is 0 Å². The number of hydrazone groups is 2. The highest BCUT2D eigenvalue weighted by molar-refractivity contribution is 8.15. The molecule has 0 aliphatic carbocycles. The Balaban J connectivity index is 1.50. The Morgan fingerprint density at radius 3 is 1.75 bits per heavy atom. The van der Waals surface area contributed by atoms with Crippen LogP contribution >= 0.6 is 11.8 Å². The molecule has 5 aromatic rings. The molecule has 0 radical (unpaired) electrons. The molecule has 0 saturated heterocycles. The smallest absolute Gasteiger partial charge is 0.223 e. The molecule has 2 heterocycles. The Bertz CT molecular complexity index is 1700. The minimum absolute atomic E-state index is 0.780. The number of rotatable bonds is 5. The summed E-state index contributed by atoms with van der Waals surface area (Å²) in [5.74, 6) is 0. The van der Waals surface area contributed by atoms with Gasteiger partial charge >= 0.3 is 0 Å². The topological polar surface area (TPSA) is 31.2 Å². The van der Waals surface area contributed by atoms with Gasteiger partial charge in [0.05, 0.1) is 17.1 Å². The van der Waals surface area contributed by atoms with Gasteiger partial charge in [-0.05, 0) is 48.0 Å². The number of anilines is 2. The lowest BCUT2D eigenvalue weighted by Crippen LogP contribution is -2.54. The van der Waals surface area contributed by atoms with Crippen molar-refractivity contribution in [1.82, 2.24) is 0 Å². The third-order valence-electron chi connectivity index (χ3n) is 7.39. The lowest BCUT2D eigenvalue weighted by molar-refractivity contribution is 0.550. The summed E-state index contributed by atoms with van der Waals surface area (Å²) >= 11 is 1.73. The van der Waals surface area contributed by atoms with Crippen molar-refractivity contribution in [3.05, 3.63) is 167 Å². The molecule has 0 amide bonds. The van der Waals surface area contributed by atoms with Gasteiger partial charge < -0.3 is 0 Å². The Labute approximate surface area is 239 Å². The van der Waals surface area contributed by atoms with Gasteiger partial charge in [0.25, 0.3) is 0 Å². The van der Waals surface area contributed by atoms with Crippen molar-refractivity contribution in [1.29, 1.82) is 0 Å². The second-order valence-corrected chi connectivity index (χ2v) is 11.0. The molecule has 2 aliphatic heterocycles. The number of nitrogens with zero attached hydrogens (tertiary/aromatic N) is 4. The fourth-order valence-corrected chi connectivity index (χ4v) is 6.78. The van der Waals surface area contributed by atoms with E-state index in [4.69, 9.17) is 10.2 Å². The van der Waals surface area contributed by atoms with E-state index in [1.165, 1.54) is 5.56 Å². The van der Waals surface area contributed by atoms with Crippen LogP contribution in [-0.2, 0) is 11.4 Å². The zero-order valence-electron chi connectivity index (χ0n) is 22.2. The van der Waals surface area contributed by atoms with Gasteiger partial charge in [0.1, 0.15) is 5.04 Å². The normalized spacial score (nSPS) is 17.9. The highest BCUT2D eigenvalue weighted by Crippen LogP contribution is 2.55. The molecule has 2 aliphatic rings. The van der Waals surface area contributed by atoms with Crippen LogP contribution in [0.25, 0.3) is 0 Å². The van der Waals surface area contributed by atoms with E-state index in [2.05, 4.69) is 138 Å². The largest absolute Gasteiger partial charge is 0.234 e. The lowest BCUT2D eigenvalue weighted by atomic mass is 9.92. The molecule has 5 aromatic carbocycles. The second kappa shape index (κ2) is 10.2. The molecule has 5 heteroatoms. The van der Waals surface area contributed by atoms with E-state index in [1.54, 1.807) is 11.8 Å². The third-order valence-corrected chi connectivity index (χ3v) is 8.76. The maximum Gasteiger partial charge on any atom is 0.234 e. The summed E-state index contributed by atoms with van der Waals surface area (Å²) in [4.78, 5) is -0.780. The van der Waals surface area contributed by atoms with E-state index in [1.807, 2.05) is 18.2 Å². The van der Waals surface area contributed by atoms with Crippen LogP contribution in [0.2, 0.25) is 0 Å². The SMILES string of the molecule is CCc1ccc(C2=NN(c3ccccc3)C3(SC(c4ccccc4)=NN3c3ccccc3)c3ccccc32)cc1. The van der Waals surface area contributed by atoms with E-state index in [0.29, 0.717) is 0 Å². The van der Waals surface area contributed by atoms with Crippen molar-refractivity contribution in [2.75, 3.05) is 10.0 Å². The quantitative estimate of drug-likeness (QED) is 0.227. The molecule has 0 N–H and O–H groups in total. The first-order valence-corrected chi connectivity index (χ1v) is 14.4. The van der Waals surface area contributed by atoms with Crippen LogP contribution in [-0.4, -0.2) is 10.8 Å². The molecule has 7 rings (SSSR count). The Morgan fingerprint density at radius 2 is 1.12 bits per heavy atom. The molecule has 40 heavy (non-hydrogen) atoms. The molecule has 0 fully saturated rings. The van der Waals surface area contributed by atoms with Gasteiger partial charge in [-0.2, -0.15) is 10.2 Å². The summed E-state index contributed by atoms with van der Waals surface area (Å²) in [7, 11) is 0. The fourth-order valence-electron chi connectivity index (χ4n) is 5.38. The van der Waals surface area contributed by atoms with E-state index >= 15 is 0 Å². The van der Waals surface area contributed by atoms with Crippen molar-refractivity contribution >= 4 is 33.9 Å². The molecule has 194 valence electrons. The van der Waals surface area contributed by atoms with Crippen LogP contribution in [0, 0.1) is 0 Å². The number of fused-ring (bicyclic) bond motifs is 2. The molecular weight excluding hydrogens is 508 g/mol. The number of aryl methyl sites for hydroxylation is 1. The van der Waals surface area contributed by atoms with Gasteiger partial charge in [0.15, 0.2) is 0 Å². The predicted molar refractivity (Wildman–Crippen MR) is 168 cm³/mol. The van der Waals surface area contributed by atoms with Gasteiger partial charge in [0, 0.05) is 22.3 Å². The molecular formula is C35H28N4S. The fraction of sp³-hybridized carbons (Fsp3) is 0.0857. The van der Waals surface area contributed by atoms with Crippen LogP contribution in [0.3, 0.4) is 0 Å². The van der Waals surface area contributed by atoms with E-state index in [0.717, 1.165) is 50.8 Å². The monoisotopic (exact) mass is 536 g/mol. The Hall–Kier alpha value is -4.61. The summed E-state index contributed by atoms with van der Waals surface area (Å²) in [5, 5.41) is 16.0. The van der Waals surface area contributed by atoms with Crippen LogP contribution in [0.5, 0.6) is 0 Å². The van der Waals surface area contributed by atoms with E-state index < -0.39 is 4.99 Å². The number of hydrogen-bond acceptors (Lipinski definition) is 5. The van der Waals surface area contributed by atoms with Gasteiger partial charge in [-0.3, -0.25) is 0 Å². The summed E-state index contributed by atoms with van der Waals surface area (Å²) in [6.07, 6.45) is 1.00. The first-order valence-electron chi connectivity index (χ1n) is 13.6. The van der Waals surface area contributed by atoms with Crippen molar-refractivity contribution in [2.45, 2.75) is 18.3 Å². The first-order chi connectivity index (χ1) is 19.8. The van der Waals surface area contributed by atoms with Crippen LogP contribution in [0.1, 0.15) is 34.7 Å². The first kappa shape index (κ1) is 24.4. The second-order valence-electron chi connectivity index (χ2n) is 9.82. The van der Waals surface area contributed by atoms with Crippen LogP contribution < -0.4 is 10.0 Å². The van der Waals surface area contributed by atoms with Gasteiger partial charge in [-0.25, -0.2) is 10.0 Å². The maximum absolute atomic E-state index is 5.47. The zero-order chi connectivity index (χ0) is 26.9. The predicted octanol–water partition coefficient (Wildman–Crippen LogP) is 8.25. The molecule has 4 nitrogen and oxygen atoms in total. The minimum Gasteiger partial charge on any atom is -0.223 e. The van der Waals surface area contributed by atoms with Crippen molar-refractivity contribution in [3.8, 4) is 0 Å². The maximum atomic E-state index is 5.47. The number of benzene rings is 5. The Kier molecular flexibility index (Phi) is 6.21. The van der Waals surface area contributed by atoms with E-state index in [-0.39, 0.29) is 0 Å². The number of para-hydroxylation sites is 2. The molecule has 0 bridgehead atoms. The lowest BCUT2D eigenvalue weighted by Gasteiger charge is -2.47. The summed E-state index contributed by atoms with van der Waals surface area (Å²) in [6, 6.07) is 48.7. The number of hydrogen-bond donors (Lipinski definition) is 0. The summed E-state index contributed by atoms with van der Waals surface area (Å²) < 4.78 is 0. The van der Waals surface area contributed by atoms with Gasteiger partial charge in [-0.15, -0.1) is 0 Å². The number of thioether (sulfide) groups is 1. The summed E-state index contributed by atoms with van der Waals surface area (Å²) in [5.41, 5.74) is 8.70. The molecule has 0 saturated carbocycles. The average Bonchev–Trinajstić information content (AvgIpc) is 3.44. The van der Waals surface area contributed by atoms with Gasteiger partial charge in [0.2, 0.25) is 4.99 Å². The molecule has 1 unspecified atom stereocenters. The standard InChI is InChI=1S/C35H28N4S/c1-2-26-22-24-27(25-23-26)33-31-20-12-13-21-32(31)35(38(36-33)29-16-8-4-9-17-29)39(30-18-10-5-11-19-30)37-34(40-35)28-14-6-3-7-15-28/h3-25H,2H2,1H3. The minimum atomic E-state index is -0.780. The highest BCUT2D eigenvalue weighted by Gasteiger charge is 2.55. The zero-order valence-corrected chi connectivity index (χ0v) is 23.0. The van der Waals surface area contributed by atoms with Gasteiger partial charge in [-0.1, -0.05) is 122 Å². The van der Waals surface area contributed by atoms with E-state index in [9.17, 15) is 0 Å². The van der Waals surface area contributed by atoms with Crippen molar-refractivity contribution < 1.29 is 0 Å². The average molecular weight is 537 g/mol. The van der Waals surface area contributed by atoms with Crippen LogP contribution in [0.15, 0.2) is 150 Å². The highest BCUT2D eigenvalue weighted by atomic mass is 32.2. The van der Waals surface area contributed by atoms with Crippen molar-refractivity contribution in [2.24, 2.45) is 10.2 Å².